The Kier molecular flexibility index (Phi) is 7.16. The summed E-state index contributed by atoms with van der Waals surface area (Å²) < 4.78 is 73.9. The molecule has 0 saturated carbocycles. The smallest absolute Gasteiger partial charge is 0.406 e. The van der Waals surface area contributed by atoms with Gasteiger partial charge in [-0.15, -0.1) is 13.2 Å². The van der Waals surface area contributed by atoms with E-state index in [9.17, 15) is 26.4 Å². The number of carbonyl (C=O) groups is 1. The molecule has 1 N–H and O–H groups in total. The summed E-state index contributed by atoms with van der Waals surface area (Å²) in [6, 6.07) is 13.9. The van der Waals surface area contributed by atoms with Gasteiger partial charge in [0.05, 0.1) is 4.90 Å². The lowest BCUT2D eigenvalue weighted by Crippen LogP contribution is -2.39. The Hall–Kier alpha value is -3.42. The number of halogens is 3. The van der Waals surface area contributed by atoms with Crippen LogP contribution in [-0.2, 0) is 29.5 Å². The number of carbonyl (C=O) groups excluding carboxylic acids is 1. The van der Waals surface area contributed by atoms with Crippen molar-refractivity contribution in [2.75, 3.05) is 19.6 Å². The summed E-state index contributed by atoms with van der Waals surface area (Å²) in [5.74, 6) is -0.522. The number of benzene rings is 2. The summed E-state index contributed by atoms with van der Waals surface area (Å²) in [7, 11) is -4.06. The molecule has 2 aliphatic heterocycles. The number of nitrogens with zero attached hydrogens (tertiary/aromatic N) is 3. The van der Waals surface area contributed by atoms with Crippen LogP contribution in [-0.4, -0.2) is 60.7 Å². The average Bonchev–Trinajstić information content (AvgIpc) is 3.50. The highest BCUT2D eigenvalue weighted by Crippen LogP contribution is 2.29. The molecule has 3 aromatic rings. The van der Waals surface area contributed by atoms with Crippen molar-refractivity contribution in [3.8, 4) is 5.75 Å². The van der Waals surface area contributed by atoms with Crippen molar-refractivity contribution in [2.24, 2.45) is 0 Å². The largest absolute Gasteiger partial charge is 0.573 e. The number of aromatic nitrogens is 1. The molecule has 0 aliphatic carbocycles. The second kappa shape index (κ2) is 10.4. The molecule has 1 saturated heterocycles. The maximum absolute atomic E-state index is 13.2. The molecule has 5 rings (SSSR count). The van der Waals surface area contributed by atoms with Crippen LogP contribution in [0.5, 0.6) is 5.75 Å². The zero-order valence-corrected chi connectivity index (χ0v) is 21.0. The fourth-order valence-electron chi connectivity index (χ4n) is 4.72. The molecule has 1 unspecified atom stereocenters. The van der Waals surface area contributed by atoms with E-state index in [1.165, 1.54) is 5.56 Å². The lowest BCUT2D eigenvalue weighted by atomic mass is 10.1. The van der Waals surface area contributed by atoms with Gasteiger partial charge < -0.3 is 14.6 Å². The molecule has 9 nitrogen and oxygen atoms in total. The van der Waals surface area contributed by atoms with Gasteiger partial charge in [0.25, 0.3) is 5.91 Å². The zero-order chi connectivity index (χ0) is 26.9. The maximum atomic E-state index is 13.2. The van der Waals surface area contributed by atoms with Crippen LogP contribution in [0.1, 0.15) is 33.8 Å². The van der Waals surface area contributed by atoms with E-state index < -0.39 is 28.0 Å². The van der Waals surface area contributed by atoms with Crippen LogP contribution in [0.25, 0.3) is 0 Å². The van der Waals surface area contributed by atoms with Crippen LogP contribution in [0, 0.1) is 0 Å². The molecule has 0 bridgehead atoms. The quantitative estimate of drug-likeness (QED) is 0.481. The summed E-state index contributed by atoms with van der Waals surface area (Å²) in [6.45, 7) is 2.21. The first-order valence-electron chi connectivity index (χ1n) is 12.0. The Morgan fingerprint density at radius 3 is 2.55 bits per heavy atom. The van der Waals surface area contributed by atoms with Gasteiger partial charge in [-0.3, -0.25) is 9.69 Å². The predicted octanol–water partition coefficient (Wildman–Crippen LogP) is 3.32. The molecule has 202 valence electrons. The number of hydrogen-bond acceptors (Lipinski definition) is 7. The third-order valence-electron chi connectivity index (χ3n) is 6.56. The van der Waals surface area contributed by atoms with Crippen molar-refractivity contribution >= 4 is 15.9 Å². The van der Waals surface area contributed by atoms with Crippen molar-refractivity contribution < 1.29 is 35.6 Å². The predicted molar refractivity (Wildman–Crippen MR) is 129 cm³/mol. The van der Waals surface area contributed by atoms with E-state index in [1.54, 1.807) is 0 Å². The minimum atomic E-state index is -4.88. The number of ether oxygens (including phenoxy) is 1. The van der Waals surface area contributed by atoms with Crippen LogP contribution in [0.15, 0.2) is 64.0 Å². The third kappa shape index (κ3) is 5.84. The second-order valence-electron chi connectivity index (χ2n) is 9.22. The second-order valence-corrected chi connectivity index (χ2v) is 11.2. The molecule has 1 aromatic heterocycles. The molecule has 3 heterocycles. The van der Waals surface area contributed by atoms with E-state index in [4.69, 9.17) is 4.52 Å². The molecule has 2 aromatic carbocycles. The molecule has 38 heavy (non-hydrogen) atoms. The summed E-state index contributed by atoms with van der Waals surface area (Å²) in [6.07, 6.45) is -3.90. The highest BCUT2D eigenvalue weighted by Gasteiger charge is 2.35. The Morgan fingerprint density at radius 2 is 1.84 bits per heavy atom. The molecule has 0 radical (unpaired) electrons. The number of alkyl halides is 3. The van der Waals surface area contributed by atoms with Gasteiger partial charge in [-0.25, -0.2) is 8.42 Å². The Morgan fingerprint density at radius 1 is 1.11 bits per heavy atom. The topological polar surface area (TPSA) is 105 Å². The Bertz CT molecular complexity index is 1390. The number of fused-ring (bicyclic) bond motifs is 1. The van der Waals surface area contributed by atoms with Crippen LogP contribution in [0.2, 0.25) is 0 Å². The van der Waals surface area contributed by atoms with Gasteiger partial charge in [0.15, 0.2) is 5.69 Å². The van der Waals surface area contributed by atoms with E-state index in [0.717, 1.165) is 48.1 Å². The summed E-state index contributed by atoms with van der Waals surface area (Å²) in [5.41, 5.74) is 1.61. The van der Waals surface area contributed by atoms with Gasteiger partial charge in [-0.05, 0) is 36.2 Å². The minimum Gasteiger partial charge on any atom is -0.406 e. The lowest BCUT2D eigenvalue weighted by Gasteiger charge is -2.25. The minimum absolute atomic E-state index is 0.0373. The van der Waals surface area contributed by atoms with Gasteiger partial charge in [0, 0.05) is 50.7 Å². The van der Waals surface area contributed by atoms with Crippen LogP contribution in [0.4, 0.5) is 13.2 Å². The van der Waals surface area contributed by atoms with Crippen LogP contribution < -0.4 is 10.1 Å². The SMILES string of the molecule is O=C(NC1CCN(Cc2ccccc2)C1)c1noc2c1CN(S(=O)(=O)c1ccc(OC(F)(F)F)cc1)CC2. The van der Waals surface area contributed by atoms with Gasteiger partial charge >= 0.3 is 6.36 Å². The zero-order valence-electron chi connectivity index (χ0n) is 20.1. The van der Waals surface area contributed by atoms with Crippen LogP contribution in [0.3, 0.4) is 0 Å². The number of nitrogens with one attached hydrogen (secondary N) is 1. The first-order chi connectivity index (χ1) is 18.1. The van der Waals surface area contributed by atoms with Gasteiger partial charge in [-0.2, -0.15) is 4.31 Å². The third-order valence-corrected chi connectivity index (χ3v) is 8.42. The van der Waals surface area contributed by atoms with Gasteiger partial charge in [-0.1, -0.05) is 35.5 Å². The number of likely N-dealkylation sites (tertiary alicyclic amines) is 1. The highest BCUT2D eigenvalue weighted by atomic mass is 32.2. The molecule has 1 fully saturated rings. The molecule has 1 atom stereocenters. The van der Waals surface area contributed by atoms with E-state index in [-0.39, 0.29) is 36.1 Å². The molecule has 2 aliphatic rings. The monoisotopic (exact) mass is 550 g/mol. The first kappa shape index (κ1) is 26.2. The van der Waals surface area contributed by atoms with Gasteiger partial charge in [0.1, 0.15) is 11.5 Å². The van der Waals surface area contributed by atoms with Crippen molar-refractivity contribution in [3.63, 3.8) is 0 Å². The van der Waals surface area contributed by atoms with E-state index in [2.05, 4.69) is 32.2 Å². The summed E-state index contributed by atoms with van der Waals surface area (Å²) in [4.78, 5) is 15.1. The number of amides is 1. The van der Waals surface area contributed by atoms with Gasteiger partial charge in [0.2, 0.25) is 10.0 Å². The molecule has 1 amide bonds. The first-order valence-corrected chi connectivity index (χ1v) is 13.4. The van der Waals surface area contributed by atoms with Crippen molar-refractivity contribution in [2.45, 2.75) is 43.2 Å². The van der Waals surface area contributed by atoms with Crippen LogP contribution >= 0.6 is 0 Å². The number of hydrogen-bond donors (Lipinski definition) is 1. The standard InChI is InChI=1S/C25H25F3N4O5S/c26-25(27,28)36-19-6-8-20(9-7-19)38(34,35)32-13-11-22-21(16-32)23(30-37-22)24(33)29-18-10-12-31(15-18)14-17-4-2-1-3-5-17/h1-9,18H,10-16H2,(H,29,33). The summed E-state index contributed by atoms with van der Waals surface area (Å²) in [5, 5.41) is 6.90. The molecular formula is C25H25F3N4O5S. The Labute approximate surface area is 217 Å². The fraction of sp³-hybridized carbons (Fsp3) is 0.360. The average molecular weight is 551 g/mol. The normalized spacial score (nSPS) is 18.8. The summed E-state index contributed by atoms with van der Waals surface area (Å²) >= 11 is 0. The Balaban J connectivity index is 1.23. The molecule has 13 heteroatoms. The van der Waals surface area contributed by atoms with E-state index in [1.807, 2.05) is 18.2 Å². The van der Waals surface area contributed by atoms with E-state index >= 15 is 0 Å². The molecule has 0 spiro atoms. The van der Waals surface area contributed by atoms with Crippen molar-refractivity contribution in [1.82, 2.24) is 19.7 Å². The van der Waals surface area contributed by atoms with Crippen molar-refractivity contribution in [1.29, 1.82) is 0 Å². The van der Waals surface area contributed by atoms with Crippen molar-refractivity contribution in [3.05, 3.63) is 77.2 Å². The fourth-order valence-corrected chi connectivity index (χ4v) is 6.13. The number of sulfonamides is 1. The number of rotatable bonds is 7. The van der Waals surface area contributed by atoms with E-state index in [0.29, 0.717) is 17.9 Å². The lowest BCUT2D eigenvalue weighted by molar-refractivity contribution is -0.274. The molecular weight excluding hydrogens is 525 g/mol. The maximum Gasteiger partial charge on any atom is 0.573 e. The highest BCUT2D eigenvalue weighted by molar-refractivity contribution is 7.89.